The summed E-state index contributed by atoms with van der Waals surface area (Å²) in [5, 5.41) is 2.54. The average molecular weight is 478 g/mol. The number of rotatable bonds is 6. The van der Waals surface area contributed by atoms with E-state index in [1.54, 1.807) is 6.08 Å². The topological polar surface area (TPSA) is 4.93 Å². The number of para-hydroxylation sites is 1. The summed E-state index contributed by atoms with van der Waals surface area (Å²) in [6.07, 6.45) is 25.8. The van der Waals surface area contributed by atoms with Crippen LogP contribution in [0.15, 0.2) is 139 Å². The zero-order valence-corrected chi connectivity index (χ0v) is 21.1. The molecule has 2 aliphatic rings. The van der Waals surface area contributed by atoms with Crippen LogP contribution < -0.4 is 0 Å². The van der Waals surface area contributed by atoms with Crippen LogP contribution in [0.25, 0.3) is 44.7 Å². The monoisotopic (exact) mass is 477 g/mol. The molecule has 0 saturated heterocycles. The second kappa shape index (κ2) is 10.3. The van der Waals surface area contributed by atoms with E-state index in [1.807, 2.05) is 12.2 Å². The summed E-state index contributed by atoms with van der Waals surface area (Å²) in [5.41, 5.74) is 10.6. The highest BCUT2D eigenvalue weighted by Crippen LogP contribution is 2.37. The molecule has 0 saturated carbocycles. The van der Waals surface area contributed by atoms with Gasteiger partial charge in [0.25, 0.3) is 0 Å². The fourth-order valence-corrected chi connectivity index (χ4v) is 5.60. The zero-order chi connectivity index (χ0) is 25.0. The van der Waals surface area contributed by atoms with Crippen LogP contribution in [0.4, 0.5) is 0 Å². The zero-order valence-electron chi connectivity index (χ0n) is 21.1. The number of aromatic nitrogens is 1. The molecule has 0 unspecified atom stereocenters. The number of benzene rings is 3. The number of fused-ring (bicyclic) bond motifs is 3. The first-order valence-corrected chi connectivity index (χ1v) is 13.2. The van der Waals surface area contributed by atoms with E-state index in [1.165, 1.54) is 55.2 Å². The maximum atomic E-state index is 3.76. The minimum atomic E-state index is 1.09. The van der Waals surface area contributed by atoms with Crippen molar-refractivity contribution in [1.82, 2.24) is 4.57 Å². The summed E-state index contributed by atoms with van der Waals surface area (Å²) in [7, 11) is 0. The van der Waals surface area contributed by atoms with Crippen LogP contribution in [0, 0.1) is 0 Å². The molecule has 4 aromatic rings. The van der Waals surface area contributed by atoms with E-state index < -0.39 is 0 Å². The molecule has 2 aliphatic carbocycles. The summed E-state index contributed by atoms with van der Waals surface area (Å²) in [5.74, 6) is 0. The van der Waals surface area contributed by atoms with Gasteiger partial charge in [0, 0.05) is 17.0 Å². The molecule has 0 radical (unpaired) electrons. The fraction of sp³-hybridized carbons (Fsp3) is 0.111. The highest BCUT2D eigenvalue weighted by molar-refractivity contribution is 6.10. The van der Waals surface area contributed by atoms with E-state index in [9.17, 15) is 0 Å². The van der Waals surface area contributed by atoms with Gasteiger partial charge in [-0.1, -0.05) is 97.7 Å². The Morgan fingerprint density at radius 1 is 0.703 bits per heavy atom. The molecule has 0 spiro atoms. The number of allylic oxidation sites excluding steroid dienone is 12. The Balaban J connectivity index is 1.45. The van der Waals surface area contributed by atoms with Crippen molar-refractivity contribution in [3.05, 3.63) is 145 Å². The largest absolute Gasteiger partial charge is 0.316 e. The molecule has 0 N–H and O–H groups in total. The summed E-state index contributed by atoms with van der Waals surface area (Å²) in [6, 6.07) is 24.6. The first-order chi connectivity index (χ1) is 18.3. The van der Waals surface area contributed by atoms with Gasteiger partial charge in [-0.25, -0.2) is 0 Å². The molecule has 0 amide bonds. The quantitative estimate of drug-likeness (QED) is 0.243. The Bertz CT molecular complexity index is 1680. The van der Waals surface area contributed by atoms with Gasteiger partial charge in [0.05, 0.1) is 11.0 Å². The highest BCUT2D eigenvalue weighted by Gasteiger charge is 2.16. The Morgan fingerprint density at radius 2 is 1.54 bits per heavy atom. The molecule has 0 bridgehead atoms. The molecule has 6 rings (SSSR count). The van der Waals surface area contributed by atoms with Crippen molar-refractivity contribution in [3.8, 4) is 11.1 Å². The van der Waals surface area contributed by atoms with E-state index in [2.05, 4.69) is 121 Å². The number of nitrogens with zero attached hydrogens (tertiary/aromatic N) is 1. The van der Waals surface area contributed by atoms with Crippen LogP contribution in [0.3, 0.4) is 0 Å². The van der Waals surface area contributed by atoms with Crippen molar-refractivity contribution in [1.29, 1.82) is 0 Å². The van der Waals surface area contributed by atoms with Gasteiger partial charge in [-0.15, -0.1) is 0 Å². The molecule has 1 nitrogen and oxygen atoms in total. The predicted molar refractivity (Wildman–Crippen MR) is 161 cm³/mol. The van der Waals surface area contributed by atoms with Crippen LogP contribution >= 0.6 is 0 Å². The Kier molecular flexibility index (Phi) is 6.44. The average Bonchev–Trinajstić information content (AvgIpc) is 3.29. The highest BCUT2D eigenvalue weighted by atomic mass is 14.9. The molecule has 3 aromatic carbocycles. The lowest BCUT2D eigenvalue weighted by molar-refractivity contribution is 0.960. The van der Waals surface area contributed by atoms with E-state index in [-0.39, 0.29) is 0 Å². The summed E-state index contributed by atoms with van der Waals surface area (Å²) in [4.78, 5) is 0. The summed E-state index contributed by atoms with van der Waals surface area (Å²) >= 11 is 0. The van der Waals surface area contributed by atoms with Crippen molar-refractivity contribution in [2.45, 2.75) is 25.7 Å². The van der Waals surface area contributed by atoms with Gasteiger partial charge in [-0.3, -0.25) is 0 Å². The predicted octanol–water partition coefficient (Wildman–Crippen LogP) is 10.1. The van der Waals surface area contributed by atoms with Gasteiger partial charge in [0.15, 0.2) is 0 Å². The Morgan fingerprint density at radius 3 is 2.43 bits per heavy atom. The van der Waals surface area contributed by atoms with Gasteiger partial charge in [-0.2, -0.15) is 0 Å². The maximum absolute atomic E-state index is 3.76. The second-order valence-electron chi connectivity index (χ2n) is 9.65. The molecule has 1 heterocycles. The summed E-state index contributed by atoms with van der Waals surface area (Å²) in [6.45, 7) is 3.76. The molecular weight excluding hydrogens is 446 g/mol. The van der Waals surface area contributed by atoms with Crippen molar-refractivity contribution >= 4 is 33.6 Å². The molecular formula is C36H31N. The van der Waals surface area contributed by atoms with Crippen molar-refractivity contribution < 1.29 is 0 Å². The summed E-state index contributed by atoms with van der Waals surface area (Å²) < 4.78 is 2.27. The third-order valence-corrected chi connectivity index (χ3v) is 7.38. The van der Waals surface area contributed by atoms with Crippen molar-refractivity contribution in [2.75, 3.05) is 0 Å². The number of hydrogen-bond acceptors (Lipinski definition) is 0. The molecule has 0 aliphatic heterocycles. The molecule has 180 valence electrons. The van der Waals surface area contributed by atoms with E-state index >= 15 is 0 Å². The van der Waals surface area contributed by atoms with Crippen LogP contribution in [0.2, 0.25) is 0 Å². The van der Waals surface area contributed by atoms with Crippen LogP contribution in [0.5, 0.6) is 0 Å². The van der Waals surface area contributed by atoms with E-state index in [0.717, 1.165) is 25.7 Å². The molecule has 37 heavy (non-hydrogen) atoms. The van der Waals surface area contributed by atoms with E-state index in [0.29, 0.717) is 0 Å². The SMILES string of the molecule is C=C/C=C\C=C/n1c2ccccc2c2cc(-c3cccc(C4=C(C5=CC=CCC5)C=CCC4)c3)ccc21. The van der Waals surface area contributed by atoms with Gasteiger partial charge in [-0.05, 0) is 89.4 Å². The lowest BCUT2D eigenvalue weighted by atomic mass is 9.84. The fourth-order valence-electron chi connectivity index (χ4n) is 5.60. The Labute approximate surface area is 219 Å². The standard InChI is InChI=1S/C36H31N/c1-2-3-4-12-24-37-35-21-11-10-20-33(35)34-26-29(22-23-36(34)37)28-16-13-17-30(25-28)32-19-9-8-18-31(32)27-14-6-5-7-15-27/h2-6,8,10-14,16-18,20-26H,1,7,9,15,19H2/b4-3-,24-12-. The van der Waals surface area contributed by atoms with E-state index in [4.69, 9.17) is 0 Å². The lowest BCUT2D eigenvalue weighted by Gasteiger charge is -2.20. The molecule has 1 heteroatoms. The third-order valence-electron chi connectivity index (χ3n) is 7.38. The molecule has 1 aromatic heterocycles. The van der Waals surface area contributed by atoms with Gasteiger partial charge < -0.3 is 4.57 Å². The van der Waals surface area contributed by atoms with Gasteiger partial charge in [0.2, 0.25) is 0 Å². The van der Waals surface area contributed by atoms with Crippen molar-refractivity contribution in [2.24, 2.45) is 0 Å². The first kappa shape index (κ1) is 23.1. The third kappa shape index (κ3) is 4.49. The first-order valence-electron chi connectivity index (χ1n) is 13.2. The van der Waals surface area contributed by atoms with Gasteiger partial charge in [0.1, 0.15) is 0 Å². The van der Waals surface area contributed by atoms with Crippen LogP contribution in [0.1, 0.15) is 31.2 Å². The molecule has 0 fully saturated rings. The smallest absolute Gasteiger partial charge is 0.0535 e. The van der Waals surface area contributed by atoms with Crippen molar-refractivity contribution in [3.63, 3.8) is 0 Å². The minimum absolute atomic E-state index is 1.09. The lowest BCUT2D eigenvalue weighted by Crippen LogP contribution is -2.00. The Hall–Kier alpha value is -4.36. The number of hydrogen-bond donors (Lipinski definition) is 0. The minimum Gasteiger partial charge on any atom is -0.316 e. The van der Waals surface area contributed by atoms with Crippen LogP contribution in [-0.4, -0.2) is 4.57 Å². The second-order valence-corrected chi connectivity index (χ2v) is 9.65. The van der Waals surface area contributed by atoms with Crippen LogP contribution in [-0.2, 0) is 0 Å². The maximum Gasteiger partial charge on any atom is 0.0535 e. The normalized spacial score (nSPS) is 15.9. The molecule has 0 atom stereocenters. The van der Waals surface area contributed by atoms with Gasteiger partial charge >= 0.3 is 0 Å².